The molecular formula is C12H12IrN-. The van der Waals surface area contributed by atoms with Gasteiger partial charge in [-0.05, 0) is 19.1 Å². The maximum atomic E-state index is 4.50. The molecule has 1 aliphatic heterocycles. The molecule has 1 heterocycles. The van der Waals surface area contributed by atoms with Crippen LogP contribution in [0.15, 0.2) is 40.9 Å². The van der Waals surface area contributed by atoms with Crippen LogP contribution in [0, 0.1) is 6.07 Å². The summed E-state index contributed by atoms with van der Waals surface area (Å²) in [5.41, 5.74) is 3.48. The van der Waals surface area contributed by atoms with Crippen molar-refractivity contribution in [2.75, 3.05) is 6.54 Å². The zero-order valence-electron chi connectivity index (χ0n) is 8.08. The minimum Gasteiger partial charge on any atom is -0.332 e. The summed E-state index contributed by atoms with van der Waals surface area (Å²) in [5, 5.41) is 0. The molecule has 0 atom stereocenters. The summed E-state index contributed by atoms with van der Waals surface area (Å²) in [6.07, 6.45) is 3.31. The topological polar surface area (TPSA) is 12.4 Å². The van der Waals surface area contributed by atoms with E-state index in [9.17, 15) is 0 Å². The Morgan fingerprint density at radius 2 is 2.21 bits per heavy atom. The molecule has 75 valence electrons. The quantitative estimate of drug-likeness (QED) is 0.681. The summed E-state index contributed by atoms with van der Waals surface area (Å²) < 4.78 is 0. The SMILES string of the molecule is CC1=CCCN=C1c1[c-]cccc1.[Ir]. The van der Waals surface area contributed by atoms with Crippen LogP contribution in [-0.4, -0.2) is 12.3 Å². The van der Waals surface area contributed by atoms with Crippen LogP contribution in [0.3, 0.4) is 0 Å². The fourth-order valence-corrected chi connectivity index (χ4v) is 1.52. The van der Waals surface area contributed by atoms with Gasteiger partial charge in [0.15, 0.2) is 0 Å². The molecule has 1 radical (unpaired) electrons. The number of hydrogen-bond acceptors (Lipinski definition) is 1. The van der Waals surface area contributed by atoms with Gasteiger partial charge >= 0.3 is 0 Å². The van der Waals surface area contributed by atoms with Crippen LogP contribution in [-0.2, 0) is 20.1 Å². The van der Waals surface area contributed by atoms with E-state index in [1.807, 2.05) is 18.2 Å². The predicted molar refractivity (Wildman–Crippen MR) is 55.1 cm³/mol. The number of dihydropyridines is 1. The standard InChI is InChI=1S/C12H12N.Ir/c1-10-6-5-9-13-12(10)11-7-3-2-4-8-11;/h2-4,6-7H,5,9H2,1H3;/q-1;. The van der Waals surface area contributed by atoms with Gasteiger partial charge in [-0.3, -0.25) is 0 Å². The van der Waals surface area contributed by atoms with Gasteiger partial charge in [0, 0.05) is 26.7 Å². The average Bonchev–Trinajstić information content (AvgIpc) is 2.20. The van der Waals surface area contributed by atoms with E-state index in [1.54, 1.807) is 0 Å². The van der Waals surface area contributed by atoms with Crippen LogP contribution in [0.1, 0.15) is 18.9 Å². The fourth-order valence-electron chi connectivity index (χ4n) is 1.52. The van der Waals surface area contributed by atoms with E-state index in [4.69, 9.17) is 0 Å². The van der Waals surface area contributed by atoms with Crippen molar-refractivity contribution in [1.82, 2.24) is 0 Å². The predicted octanol–water partition coefficient (Wildman–Crippen LogP) is 2.62. The second-order valence-electron chi connectivity index (χ2n) is 3.18. The summed E-state index contributed by atoms with van der Waals surface area (Å²) in [6.45, 7) is 3.02. The summed E-state index contributed by atoms with van der Waals surface area (Å²) >= 11 is 0. The summed E-state index contributed by atoms with van der Waals surface area (Å²) in [7, 11) is 0. The van der Waals surface area contributed by atoms with Crippen molar-refractivity contribution >= 4 is 5.71 Å². The monoisotopic (exact) mass is 363 g/mol. The number of hydrogen-bond donors (Lipinski definition) is 0. The van der Waals surface area contributed by atoms with Crippen molar-refractivity contribution in [1.29, 1.82) is 0 Å². The molecule has 2 heteroatoms. The Morgan fingerprint density at radius 1 is 1.36 bits per heavy atom. The van der Waals surface area contributed by atoms with Crippen LogP contribution in [0.2, 0.25) is 0 Å². The Balaban J connectivity index is 0.000000980. The molecular weight excluding hydrogens is 350 g/mol. The van der Waals surface area contributed by atoms with E-state index >= 15 is 0 Å². The molecule has 14 heavy (non-hydrogen) atoms. The first kappa shape index (κ1) is 11.4. The Labute approximate surface area is 98.3 Å². The largest absolute Gasteiger partial charge is 0.332 e. The van der Waals surface area contributed by atoms with Crippen LogP contribution < -0.4 is 0 Å². The molecule has 0 aromatic heterocycles. The summed E-state index contributed by atoms with van der Waals surface area (Å²) in [4.78, 5) is 4.50. The van der Waals surface area contributed by atoms with Crippen LogP contribution in [0.4, 0.5) is 0 Å². The number of nitrogens with zero attached hydrogens (tertiary/aromatic N) is 1. The number of rotatable bonds is 1. The molecule has 1 aromatic rings. The van der Waals surface area contributed by atoms with Crippen LogP contribution in [0.25, 0.3) is 0 Å². The Kier molecular flexibility index (Phi) is 4.24. The molecule has 1 aliphatic rings. The smallest absolute Gasteiger partial charge is 0.0323 e. The molecule has 0 unspecified atom stereocenters. The van der Waals surface area contributed by atoms with Gasteiger partial charge < -0.3 is 4.99 Å². The first-order chi connectivity index (χ1) is 6.38. The van der Waals surface area contributed by atoms with E-state index in [-0.39, 0.29) is 20.1 Å². The molecule has 0 N–H and O–H groups in total. The van der Waals surface area contributed by atoms with E-state index in [2.05, 4.69) is 30.1 Å². The van der Waals surface area contributed by atoms with Gasteiger partial charge in [-0.2, -0.15) is 0 Å². The Morgan fingerprint density at radius 3 is 2.86 bits per heavy atom. The molecule has 0 saturated carbocycles. The van der Waals surface area contributed by atoms with E-state index in [0.717, 1.165) is 24.2 Å². The number of benzene rings is 1. The van der Waals surface area contributed by atoms with Crippen molar-refractivity contribution in [3.63, 3.8) is 0 Å². The Bertz CT molecular complexity index is 352. The second kappa shape index (κ2) is 5.23. The molecule has 1 aromatic carbocycles. The van der Waals surface area contributed by atoms with Gasteiger partial charge in [0.25, 0.3) is 0 Å². The van der Waals surface area contributed by atoms with Crippen molar-refractivity contribution in [3.05, 3.63) is 47.5 Å². The van der Waals surface area contributed by atoms with Gasteiger partial charge in [-0.15, -0.1) is 35.9 Å². The van der Waals surface area contributed by atoms with Crippen molar-refractivity contribution in [2.24, 2.45) is 4.99 Å². The normalized spacial score (nSPS) is 15.2. The van der Waals surface area contributed by atoms with Crippen molar-refractivity contribution < 1.29 is 20.1 Å². The van der Waals surface area contributed by atoms with Crippen LogP contribution in [0.5, 0.6) is 0 Å². The van der Waals surface area contributed by atoms with Gasteiger partial charge in [0.05, 0.1) is 0 Å². The van der Waals surface area contributed by atoms with Gasteiger partial charge in [0.2, 0.25) is 0 Å². The molecule has 0 spiro atoms. The van der Waals surface area contributed by atoms with E-state index in [1.165, 1.54) is 5.57 Å². The fraction of sp³-hybridized carbons (Fsp3) is 0.250. The zero-order valence-corrected chi connectivity index (χ0v) is 10.5. The molecule has 0 bridgehead atoms. The third kappa shape index (κ3) is 2.40. The Hall–Kier alpha value is -0.721. The molecule has 1 nitrogen and oxygen atoms in total. The molecule has 0 fully saturated rings. The van der Waals surface area contributed by atoms with Gasteiger partial charge in [0.1, 0.15) is 0 Å². The first-order valence-corrected chi connectivity index (χ1v) is 4.56. The third-order valence-corrected chi connectivity index (χ3v) is 2.19. The van der Waals surface area contributed by atoms with Crippen molar-refractivity contribution in [3.8, 4) is 0 Å². The summed E-state index contributed by atoms with van der Waals surface area (Å²) in [5.74, 6) is 0. The van der Waals surface area contributed by atoms with E-state index < -0.39 is 0 Å². The summed E-state index contributed by atoms with van der Waals surface area (Å²) in [6, 6.07) is 11.2. The second-order valence-corrected chi connectivity index (χ2v) is 3.18. The average molecular weight is 362 g/mol. The number of aliphatic imine (C=N–C) groups is 1. The maximum Gasteiger partial charge on any atom is 0.0323 e. The van der Waals surface area contributed by atoms with Crippen molar-refractivity contribution in [2.45, 2.75) is 13.3 Å². The minimum atomic E-state index is 0. The molecule has 0 amide bonds. The first-order valence-electron chi connectivity index (χ1n) is 4.56. The molecule has 0 aliphatic carbocycles. The minimum absolute atomic E-state index is 0. The zero-order chi connectivity index (χ0) is 9.10. The van der Waals surface area contributed by atoms with Gasteiger partial charge in [-0.1, -0.05) is 11.6 Å². The van der Waals surface area contributed by atoms with E-state index in [0.29, 0.717) is 0 Å². The number of allylic oxidation sites excluding steroid dienone is 1. The van der Waals surface area contributed by atoms with Gasteiger partial charge in [-0.25, -0.2) is 0 Å². The maximum absolute atomic E-state index is 4.50. The van der Waals surface area contributed by atoms with Crippen LogP contribution >= 0.6 is 0 Å². The molecule has 2 rings (SSSR count). The third-order valence-electron chi connectivity index (χ3n) is 2.19. The molecule has 0 saturated heterocycles.